The molecule has 2 aliphatic rings. The molecule has 4 heteroatoms. The maximum atomic E-state index is 13.9. The first-order valence-corrected chi connectivity index (χ1v) is 5.57. The summed E-state index contributed by atoms with van der Waals surface area (Å²) in [4.78, 5) is 1.95. The fraction of sp³-hybridized carbons (Fsp3) is 0.500. The van der Waals surface area contributed by atoms with Gasteiger partial charge >= 0.3 is 0 Å². The van der Waals surface area contributed by atoms with Crippen molar-refractivity contribution in [3.8, 4) is 0 Å². The Morgan fingerprint density at radius 3 is 2.94 bits per heavy atom. The molecule has 88 valence electrons. The van der Waals surface area contributed by atoms with Gasteiger partial charge in [0.1, 0.15) is 0 Å². The standard InChI is InChI=1S/C12H15FN2.ClH/c13-12-8-14-7-10-6-5-9-3-1-2-4-11(9)15(10)12;/h1-4,10,12,14H,5-8H2;1H. The van der Waals surface area contributed by atoms with E-state index in [4.69, 9.17) is 0 Å². The summed E-state index contributed by atoms with van der Waals surface area (Å²) >= 11 is 0. The highest BCUT2D eigenvalue weighted by Crippen LogP contribution is 2.33. The van der Waals surface area contributed by atoms with E-state index in [0.29, 0.717) is 12.6 Å². The zero-order chi connectivity index (χ0) is 10.3. The fourth-order valence-electron chi connectivity index (χ4n) is 2.68. The Labute approximate surface area is 101 Å². The van der Waals surface area contributed by atoms with Crippen molar-refractivity contribution in [3.63, 3.8) is 0 Å². The van der Waals surface area contributed by atoms with E-state index in [-0.39, 0.29) is 12.4 Å². The molecule has 16 heavy (non-hydrogen) atoms. The van der Waals surface area contributed by atoms with Gasteiger partial charge in [0.15, 0.2) is 6.30 Å². The molecule has 0 aliphatic carbocycles. The predicted molar refractivity (Wildman–Crippen MR) is 66.0 cm³/mol. The number of anilines is 1. The first-order chi connectivity index (χ1) is 7.36. The summed E-state index contributed by atoms with van der Waals surface area (Å²) in [6.45, 7) is 1.36. The van der Waals surface area contributed by atoms with Gasteiger partial charge in [0, 0.05) is 24.8 Å². The van der Waals surface area contributed by atoms with Gasteiger partial charge in [-0.3, -0.25) is 0 Å². The summed E-state index contributed by atoms with van der Waals surface area (Å²) < 4.78 is 13.9. The number of halogens is 2. The molecule has 2 heterocycles. The molecule has 0 spiro atoms. The Hall–Kier alpha value is -0.800. The highest BCUT2D eigenvalue weighted by Gasteiger charge is 2.34. The lowest BCUT2D eigenvalue weighted by atomic mass is 9.94. The van der Waals surface area contributed by atoms with Crippen LogP contribution in [0, 0.1) is 0 Å². The largest absolute Gasteiger partial charge is 0.336 e. The SMILES string of the molecule is Cl.FC1CNCC2CCc3ccccc3N12. The lowest BCUT2D eigenvalue weighted by molar-refractivity contribution is 0.238. The molecule has 2 atom stereocenters. The van der Waals surface area contributed by atoms with Crippen LogP contribution in [0.4, 0.5) is 10.1 Å². The number of rotatable bonds is 0. The van der Waals surface area contributed by atoms with Gasteiger partial charge in [-0.1, -0.05) is 18.2 Å². The minimum Gasteiger partial charge on any atom is -0.336 e. The average molecular weight is 243 g/mol. The van der Waals surface area contributed by atoms with E-state index in [9.17, 15) is 4.39 Å². The maximum Gasteiger partial charge on any atom is 0.185 e. The van der Waals surface area contributed by atoms with Crippen molar-refractivity contribution in [2.24, 2.45) is 0 Å². The zero-order valence-electron chi connectivity index (χ0n) is 9.03. The molecule has 1 saturated heterocycles. The lowest BCUT2D eigenvalue weighted by Crippen LogP contribution is -2.57. The van der Waals surface area contributed by atoms with Crippen LogP contribution in [0.3, 0.4) is 0 Å². The first-order valence-electron chi connectivity index (χ1n) is 5.57. The summed E-state index contributed by atoms with van der Waals surface area (Å²) in [5, 5.41) is 3.15. The molecule has 1 aromatic rings. The number of alkyl halides is 1. The molecule has 2 unspecified atom stereocenters. The van der Waals surface area contributed by atoms with Crippen LogP contribution in [-0.2, 0) is 6.42 Å². The summed E-state index contributed by atoms with van der Waals surface area (Å²) in [6.07, 6.45) is 1.26. The van der Waals surface area contributed by atoms with Crippen molar-refractivity contribution >= 4 is 18.1 Å². The molecule has 0 saturated carbocycles. The average Bonchev–Trinajstić information content (AvgIpc) is 2.29. The number of para-hydroxylation sites is 1. The van der Waals surface area contributed by atoms with Gasteiger partial charge < -0.3 is 10.2 Å². The normalized spacial score (nSPS) is 27.7. The van der Waals surface area contributed by atoms with Crippen LogP contribution in [0.25, 0.3) is 0 Å². The van der Waals surface area contributed by atoms with Crippen molar-refractivity contribution < 1.29 is 4.39 Å². The second-order valence-electron chi connectivity index (χ2n) is 4.32. The Morgan fingerprint density at radius 2 is 2.06 bits per heavy atom. The minimum absolute atomic E-state index is 0. The van der Waals surface area contributed by atoms with Gasteiger partial charge in [-0.05, 0) is 24.5 Å². The molecule has 0 amide bonds. The smallest absolute Gasteiger partial charge is 0.185 e. The topological polar surface area (TPSA) is 15.3 Å². The second kappa shape index (κ2) is 4.60. The van der Waals surface area contributed by atoms with Crippen molar-refractivity contribution in [1.29, 1.82) is 0 Å². The highest BCUT2D eigenvalue weighted by atomic mass is 35.5. The number of benzene rings is 1. The first kappa shape index (κ1) is 11.7. The Balaban J connectivity index is 0.000000963. The van der Waals surface area contributed by atoms with E-state index in [0.717, 1.165) is 25.1 Å². The Bertz CT molecular complexity index is 372. The van der Waals surface area contributed by atoms with Crippen LogP contribution in [0.5, 0.6) is 0 Å². The van der Waals surface area contributed by atoms with Crippen molar-refractivity contribution in [2.75, 3.05) is 18.0 Å². The highest BCUT2D eigenvalue weighted by molar-refractivity contribution is 5.85. The number of hydrogen-bond acceptors (Lipinski definition) is 2. The predicted octanol–water partition coefficient (Wildman–Crippen LogP) is 2.13. The number of hydrogen-bond donors (Lipinski definition) is 1. The summed E-state index contributed by atoms with van der Waals surface area (Å²) in [5.41, 5.74) is 2.39. The number of piperazine rings is 1. The lowest BCUT2D eigenvalue weighted by Gasteiger charge is -2.44. The van der Waals surface area contributed by atoms with E-state index >= 15 is 0 Å². The fourth-order valence-corrected chi connectivity index (χ4v) is 2.68. The van der Waals surface area contributed by atoms with Crippen LogP contribution >= 0.6 is 12.4 Å². The number of aryl methyl sites for hydroxylation is 1. The van der Waals surface area contributed by atoms with Crippen molar-refractivity contribution in [3.05, 3.63) is 29.8 Å². The summed E-state index contributed by atoms with van der Waals surface area (Å²) in [6, 6.07) is 8.52. The zero-order valence-corrected chi connectivity index (χ0v) is 9.84. The van der Waals surface area contributed by atoms with E-state index in [1.807, 2.05) is 23.1 Å². The van der Waals surface area contributed by atoms with Crippen molar-refractivity contribution in [2.45, 2.75) is 25.2 Å². The summed E-state index contributed by atoms with van der Waals surface area (Å²) in [7, 11) is 0. The molecule has 0 radical (unpaired) electrons. The van der Waals surface area contributed by atoms with Gasteiger partial charge in [-0.2, -0.15) is 0 Å². The van der Waals surface area contributed by atoms with Crippen LogP contribution < -0.4 is 10.2 Å². The Kier molecular flexibility index (Phi) is 3.36. The second-order valence-corrected chi connectivity index (χ2v) is 4.32. The quantitative estimate of drug-likeness (QED) is 0.702. The van der Waals surface area contributed by atoms with Gasteiger partial charge in [0.25, 0.3) is 0 Å². The minimum atomic E-state index is -0.870. The van der Waals surface area contributed by atoms with E-state index in [2.05, 4.69) is 11.4 Å². The monoisotopic (exact) mass is 242 g/mol. The molecule has 0 aromatic heterocycles. The number of nitrogens with one attached hydrogen (secondary N) is 1. The molecule has 1 N–H and O–H groups in total. The third-order valence-electron chi connectivity index (χ3n) is 3.40. The molecular formula is C12H16ClFN2. The number of nitrogens with zero attached hydrogens (tertiary/aromatic N) is 1. The van der Waals surface area contributed by atoms with Crippen LogP contribution in [0.1, 0.15) is 12.0 Å². The summed E-state index contributed by atoms with van der Waals surface area (Å²) in [5.74, 6) is 0. The van der Waals surface area contributed by atoms with E-state index in [1.54, 1.807) is 0 Å². The van der Waals surface area contributed by atoms with Crippen LogP contribution in [0.2, 0.25) is 0 Å². The Morgan fingerprint density at radius 1 is 1.25 bits per heavy atom. The van der Waals surface area contributed by atoms with E-state index < -0.39 is 6.30 Å². The molecule has 2 nitrogen and oxygen atoms in total. The van der Waals surface area contributed by atoms with Crippen molar-refractivity contribution in [1.82, 2.24) is 5.32 Å². The van der Waals surface area contributed by atoms with Gasteiger partial charge in [-0.15, -0.1) is 12.4 Å². The number of fused-ring (bicyclic) bond motifs is 3. The third-order valence-corrected chi connectivity index (χ3v) is 3.40. The molecule has 1 fully saturated rings. The third kappa shape index (κ3) is 1.78. The van der Waals surface area contributed by atoms with Gasteiger partial charge in [-0.25, -0.2) is 4.39 Å². The van der Waals surface area contributed by atoms with Crippen LogP contribution in [-0.4, -0.2) is 25.4 Å². The van der Waals surface area contributed by atoms with Gasteiger partial charge in [0.05, 0.1) is 0 Å². The molecule has 2 aliphatic heterocycles. The van der Waals surface area contributed by atoms with E-state index in [1.165, 1.54) is 5.56 Å². The molecular weight excluding hydrogens is 227 g/mol. The molecule has 1 aromatic carbocycles. The molecule has 3 rings (SSSR count). The van der Waals surface area contributed by atoms with Crippen LogP contribution in [0.15, 0.2) is 24.3 Å². The van der Waals surface area contributed by atoms with Gasteiger partial charge in [0.2, 0.25) is 0 Å². The molecule has 0 bridgehead atoms. The maximum absolute atomic E-state index is 13.9.